The van der Waals surface area contributed by atoms with Crippen molar-refractivity contribution in [2.45, 2.75) is 118 Å². The number of methoxy groups -OCH3 is 2. The highest BCUT2D eigenvalue weighted by Gasteiger charge is 2.41. The second-order valence-corrected chi connectivity index (χ2v) is 13.7. The van der Waals surface area contributed by atoms with Gasteiger partial charge in [-0.1, -0.05) is 0 Å². The van der Waals surface area contributed by atoms with E-state index in [2.05, 4.69) is 30.4 Å². The molecular formula is C30H54N4O11. The number of rotatable bonds is 10. The van der Waals surface area contributed by atoms with Crippen LogP contribution < -0.4 is 16.0 Å². The maximum atomic E-state index is 12.3. The fourth-order valence-electron chi connectivity index (χ4n) is 3.36. The molecule has 45 heavy (non-hydrogen) atoms. The Kier molecular flexibility index (Phi) is 15.3. The number of carbonyl (C=O) groups is 5. The van der Waals surface area contributed by atoms with E-state index in [9.17, 15) is 24.0 Å². The van der Waals surface area contributed by atoms with Gasteiger partial charge >= 0.3 is 24.1 Å². The Morgan fingerprint density at radius 2 is 1.29 bits per heavy atom. The molecule has 0 aromatic carbocycles. The van der Waals surface area contributed by atoms with Crippen LogP contribution in [0.2, 0.25) is 0 Å². The first kappa shape index (κ1) is 41.4. The van der Waals surface area contributed by atoms with Crippen molar-refractivity contribution in [3.05, 3.63) is 0 Å². The van der Waals surface area contributed by atoms with Crippen LogP contribution in [0.4, 0.5) is 9.59 Å². The molecule has 1 aliphatic heterocycles. The summed E-state index contributed by atoms with van der Waals surface area (Å²) in [7, 11) is 2.47. The minimum absolute atomic E-state index is 0.157. The monoisotopic (exact) mass is 646 g/mol. The third-order valence-electron chi connectivity index (χ3n) is 6.87. The lowest BCUT2D eigenvalue weighted by molar-refractivity contribution is -0.147. The molecule has 2 unspecified atom stereocenters. The lowest BCUT2D eigenvalue weighted by Crippen LogP contribution is -2.55. The lowest BCUT2D eigenvalue weighted by atomic mass is 9.84. The van der Waals surface area contributed by atoms with E-state index in [1.54, 1.807) is 62.3 Å². The molecule has 0 spiro atoms. The van der Waals surface area contributed by atoms with Gasteiger partial charge in [-0.05, 0) is 83.1 Å². The van der Waals surface area contributed by atoms with E-state index in [0.29, 0.717) is 5.90 Å². The average molecular weight is 647 g/mol. The molecule has 260 valence electrons. The lowest BCUT2D eigenvalue weighted by Gasteiger charge is -2.32. The number of ether oxygens (including phenoxy) is 5. The molecule has 0 fully saturated rings. The smallest absolute Gasteiger partial charge is 0.407 e. The van der Waals surface area contributed by atoms with Gasteiger partial charge in [0.1, 0.15) is 17.8 Å². The van der Waals surface area contributed by atoms with Gasteiger partial charge in [-0.15, -0.1) is 0 Å². The number of nitrogens with one attached hydrogen (secondary N) is 3. The summed E-state index contributed by atoms with van der Waals surface area (Å²) in [5.74, 6) is -1.26. The number of hydrogen-bond acceptors (Lipinski definition) is 12. The largest absolute Gasteiger partial charge is 0.478 e. The van der Waals surface area contributed by atoms with Crippen LogP contribution in [0.5, 0.6) is 0 Å². The fraction of sp³-hybridized carbons (Fsp3) is 0.800. The number of alkyl carbamates (subject to hydrolysis) is 2. The van der Waals surface area contributed by atoms with Crippen molar-refractivity contribution < 1.29 is 52.8 Å². The summed E-state index contributed by atoms with van der Waals surface area (Å²) >= 11 is 0. The van der Waals surface area contributed by atoms with Crippen molar-refractivity contribution in [1.29, 1.82) is 0 Å². The quantitative estimate of drug-likeness (QED) is 0.201. The minimum atomic E-state index is -1.15. The Bertz CT molecular complexity index is 1070. The topological polar surface area (TPSA) is 200 Å². The Morgan fingerprint density at radius 3 is 1.69 bits per heavy atom. The van der Waals surface area contributed by atoms with Crippen LogP contribution in [0.1, 0.15) is 83.1 Å². The van der Waals surface area contributed by atoms with Crippen molar-refractivity contribution >= 4 is 35.9 Å². The number of aliphatic hydroxyl groups excluding tert-OH is 1. The standard InChI is InChI=1S/C15H28N2O6.C15H26N2O5/c1-9(16-13(21)23-14(2,3)4)15(5,6)12(20)17-10(8-18)11(19)22-7;1-9(16-13(19)22-14(2,3)4)15(5,6)12-17-10(8-21-12)11(18)20-7/h9-10,18H,8H2,1-7H3,(H,16,21)(H,17,20);9-10H,8H2,1-7H3,(H,16,19)/t2*9-,10?/m11/s1. The predicted octanol–water partition coefficient (Wildman–Crippen LogP) is 2.47. The number of aliphatic imine (C=N–C) groups is 1. The first-order valence-corrected chi connectivity index (χ1v) is 14.6. The highest BCUT2D eigenvalue weighted by molar-refractivity contribution is 5.90. The molecule has 1 heterocycles. The average Bonchev–Trinajstić information content (AvgIpc) is 3.40. The van der Waals surface area contributed by atoms with Crippen LogP contribution in [0.3, 0.4) is 0 Å². The third-order valence-corrected chi connectivity index (χ3v) is 6.87. The number of nitrogens with zero attached hydrogens (tertiary/aromatic N) is 1. The Morgan fingerprint density at radius 1 is 0.822 bits per heavy atom. The van der Waals surface area contributed by atoms with Gasteiger partial charge in [0.05, 0.1) is 31.7 Å². The van der Waals surface area contributed by atoms with Gasteiger partial charge in [-0.3, -0.25) is 4.79 Å². The third kappa shape index (κ3) is 13.9. The molecule has 1 rings (SSSR count). The number of carbonyl (C=O) groups excluding carboxylic acids is 5. The van der Waals surface area contributed by atoms with Crippen LogP contribution in [0.15, 0.2) is 4.99 Å². The van der Waals surface area contributed by atoms with Crippen LogP contribution >= 0.6 is 0 Å². The van der Waals surface area contributed by atoms with Crippen LogP contribution in [0, 0.1) is 10.8 Å². The Balaban J connectivity index is 0.000000861. The van der Waals surface area contributed by atoms with Gasteiger partial charge in [0.15, 0.2) is 18.0 Å². The Hall–Kier alpha value is -3.62. The normalized spacial score (nSPS) is 17.0. The number of aliphatic hydroxyl groups is 1. The van der Waals surface area contributed by atoms with Crippen molar-refractivity contribution in [3.63, 3.8) is 0 Å². The van der Waals surface area contributed by atoms with Crippen LogP contribution in [-0.2, 0) is 38.1 Å². The molecule has 15 heteroatoms. The van der Waals surface area contributed by atoms with Crippen LogP contribution in [0.25, 0.3) is 0 Å². The van der Waals surface area contributed by atoms with E-state index < -0.39 is 76.8 Å². The molecule has 0 aliphatic carbocycles. The molecule has 0 saturated heterocycles. The SMILES string of the molecule is COC(=O)C(CO)NC(=O)C(C)(C)[C@@H](C)NC(=O)OC(C)(C)C.COC(=O)C1COC(C(C)(C)[C@@H](C)NC(=O)OC(C)(C)C)=N1. The Labute approximate surface area is 266 Å². The molecule has 3 amide bonds. The zero-order valence-corrected chi connectivity index (χ0v) is 29.2. The van der Waals surface area contributed by atoms with E-state index in [1.165, 1.54) is 7.11 Å². The first-order valence-electron chi connectivity index (χ1n) is 14.6. The van der Waals surface area contributed by atoms with E-state index in [0.717, 1.165) is 7.11 Å². The highest BCUT2D eigenvalue weighted by Crippen LogP contribution is 2.28. The van der Waals surface area contributed by atoms with Crippen molar-refractivity contribution in [3.8, 4) is 0 Å². The summed E-state index contributed by atoms with van der Waals surface area (Å²) in [5, 5.41) is 16.9. The van der Waals surface area contributed by atoms with Gasteiger partial charge < -0.3 is 44.7 Å². The molecule has 0 aromatic rings. The predicted molar refractivity (Wildman–Crippen MR) is 165 cm³/mol. The molecule has 0 aromatic heterocycles. The number of amides is 3. The van der Waals surface area contributed by atoms with Crippen molar-refractivity contribution in [2.75, 3.05) is 27.4 Å². The summed E-state index contributed by atoms with van der Waals surface area (Å²) < 4.78 is 25.0. The second-order valence-electron chi connectivity index (χ2n) is 13.7. The molecule has 4 atom stereocenters. The van der Waals surface area contributed by atoms with E-state index in [-0.39, 0.29) is 12.6 Å². The maximum Gasteiger partial charge on any atom is 0.407 e. The first-order chi connectivity index (χ1) is 20.3. The van der Waals surface area contributed by atoms with Gasteiger partial charge in [-0.2, -0.15) is 0 Å². The molecule has 0 bridgehead atoms. The molecular weight excluding hydrogens is 592 g/mol. The van der Waals surface area contributed by atoms with Gasteiger partial charge in [0.2, 0.25) is 5.91 Å². The molecule has 0 saturated carbocycles. The highest BCUT2D eigenvalue weighted by atomic mass is 16.6. The van der Waals surface area contributed by atoms with Gasteiger partial charge in [0, 0.05) is 12.1 Å². The summed E-state index contributed by atoms with van der Waals surface area (Å²) in [5.41, 5.74) is -2.84. The second kappa shape index (κ2) is 16.6. The minimum Gasteiger partial charge on any atom is -0.478 e. The molecule has 1 aliphatic rings. The van der Waals surface area contributed by atoms with E-state index in [1.807, 2.05) is 20.8 Å². The van der Waals surface area contributed by atoms with Crippen molar-refractivity contribution in [2.24, 2.45) is 15.8 Å². The van der Waals surface area contributed by atoms with E-state index >= 15 is 0 Å². The summed E-state index contributed by atoms with van der Waals surface area (Å²) in [6.45, 7) is 20.6. The fourth-order valence-corrected chi connectivity index (χ4v) is 3.36. The summed E-state index contributed by atoms with van der Waals surface area (Å²) in [6, 6.07) is -2.67. The van der Waals surface area contributed by atoms with Gasteiger partial charge in [0.25, 0.3) is 0 Å². The molecule has 15 nitrogen and oxygen atoms in total. The van der Waals surface area contributed by atoms with Crippen molar-refractivity contribution in [1.82, 2.24) is 16.0 Å². The number of esters is 2. The van der Waals surface area contributed by atoms with Gasteiger partial charge in [-0.25, -0.2) is 24.2 Å². The molecule has 0 radical (unpaired) electrons. The molecule has 4 N–H and O–H groups in total. The van der Waals surface area contributed by atoms with E-state index in [4.69, 9.17) is 19.3 Å². The summed E-state index contributed by atoms with van der Waals surface area (Å²) in [4.78, 5) is 63.2. The van der Waals surface area contributed by atoms with Crippen LogP contribution in [-0.4, -0.2) is 104 Å². The summed E-state index contributed by atoms with van der Waals surface area (Å²) in [6.07, 6.45) is -1.14. The maximum absolute atomic E-state index is 12.3. The number of hydrogen-bond donors (Lipinski definition) is 4. The zero-order chi connectivity index (χ0) is 35.6. The zero-order valence-electron chi connectivity index (χ0n) is 29.2.